The van der Waals surface area contributed by atoms with Crippen molar-refractivity contribution < 1.29 is 0 Å². The van der Waals surface area contributed by atoms with Crippen molar-refractivity contribution in [2.45, 2.75) is 52.2 Å². The van der Waals surface area contributed by atoms with Crippen molar-refractivity contribution in [1.82, 2.24) is 24.9 Å². The summed E-state index contributed by atoms with van der Waals surface area (Å²) >= 11 is 0. The third-order valence-electron chi connectivity index (χ3n) is 5.53. The Labute approximate surface area is 167 Å². The lowest BCUT2D eigenvalue weighted by atomic mass is 10.0. The zero-order valence-corrected chi connectivity index (χ0v) is 17.0. The second-order valence-electron chi connectivity index (χ2n) is 7.91. The quantitative estimate of drug-likeness (QED) is 0.715. The third-order valence-corrected chi connectivity index (χ3v) is 5.53. The molecule has 1 N–H and O–H groups in total. The minimum absolute atomic E-state index is 0.415. The Morgan fingerprint density at radius 2 is 1.89 bits per heavy atom. The highest BCUT2D eigenvalue weighted by atomic mass is 15.3. The molecule has 1 saturated heterocycles. The number of aryl methyl sites for hydroxylation is 2. The highest BCUT2D eigenvalue weighted by molar-refractivity contribution is 5.53. The maximum absolute atomic E-state index is 4.59. The smallest absolute Gasteiger partial charge is 0.0666 e. The molecule has 2 aromatic heterocycles. The van der Waals surface area contributed by atoms with Crippen LogP contribution in [0.15, 0.2) is 48.8 Å². The van der Waals surface area contributed by atoms with Crippen molar-refractivity contribution in [2.75, 3.05) is 18.0 Å². The summed E-state index contributed by atoms with van der Waals surface area (Å²) in [6, 6.07) is 13.7. The summed E-state index contributed by atoms with van der Waals surface area (Å²) in [6.45, 7) is 9.52. The molecule has 0 saturated carbocycles. The van der Waals surface area contributed by atoms with Gasteiger partial charge in [0.25, 0.3) is 0 Å². The van der Waals surface area contributed by atoms with E-state index >= 15 is 0 Å². The number of nitrogens with zero attached hydrogens (tertiary/aromatic N) is 5. The molecule has 1 atom stereocenters. The summed E-state index contributed by atoms with van der Waals surface area (Å²) < 4.78 is 4.03. The lowest BCUT2D eigenvalue weighted by Crippen LogP contribution is -2.46. The van der Waals surface area contributed by atoms with Gasteiger partial charge in [-0.2, -0.15) is 10.2 Å². The van der Waals surface area contributed by atoms with Gasteiger partial charge in [-0.05, 0) is 63.9 Å². The average molecular weight is 379 g/mol. The molecule has 1 aliphatic rings. The molecule has 0 spiro atoms. The Morgan fingerprint density at radius 3 is 2.57 bits per heavy atom. The molecule has 1 aromatic carbocycles. The lowest BCUT2D eigenvalue weighted by Gasteiger charge is -2.35. The second kappa shape index (κ2) is 8.19. The molecule has 1 aliphatic heterocycles. The van der Waals surface area contributed by atoms with Crippen LogP contribution in [0.3, 0.4) is 0 Å². The van der Waals surface area contributed by atoms with Gasteiger partial charge in [0.2, 0.25) is 0 Å². The fourth-order valence-corrected chi connectivity index (χ4v) is 4.13. The first kappa shape index (κ1) is 18.7. The molecule has 6 heteroatoms. The number of hydrogen-bond acceptors (Lipinski definition) is 4. The van der Waals surface area contributed by atoms with Gasteiger partial charge in [-0.1, -0.05) is 6.07 Å². The zero-order chi connectivity index (χ0) is 19.5. The number of piperidine rings is 1. The fraction of sp³-hybridized carbons (Fsp3) is 0.455. The molecule has 3 heterocycles. The molecule has 1 unspecified atom stereocenters. The first-order chi connectivity index (χ1) is 13.6. The number of anilines is 1. The second-order valence-corrected chi connectivity index (χ2v) is 7.91. The van der Waals surface area contributed by atoms with E-state index in [0.717, 1.165) is 43.9 Å². The maximum atomic E-state index is 4.59. The molecular weight excluding hydrogens is 348 g/mol. The first-order valence-electron chi connectivity index (χ1n) is 10.2. The van der Waals surface area contributed by atoms with Gasteiger partial charge in [0.15, 0.2) is 0 Å². The zero-order valence-electron chi connectivity index (χ0n) is 17.0. The van der Waals surface area contributed by atoms with E-state index in [4.69, 9.17) is 0 Å². The van der Waals surface area contributed by atoms with E-state index < -0.39 is 0 Å². The Morgan fingerprint density at radius 1 is 1.11 bits per heavy atom. The molecule has 0 radical (unpaired) electrons. The highest BCUT2D eigenvalue weighted by Gasteiger charge is 2.21. The molecule has 148 valence electrons. The molecule has 0 aliphatic carbocycles. The van der Waals surface area contributed by atoms with Crippen molar-refractivity contribution in [3.63, 3.8) is 0 Å². The van der Waals surface area contributed by atoms with E-state index in [1.807, 2.05) is 23.1 Å². The average Bonchev–Trinajstić information content (AvgIpc) is 3.32. The normalized spacial score (nSPS) is 16.5. The van der Waals surface area contributed by atoms with Crippen LogP contribution >= 0.6 is 0 Å². The Hall–Kier alpha value is -2.60. The van der Waals surface area contributed by atoms with Crippen LogP contribution in [0.5, 0.6) is 0 Å². The monoisotopic (exact) mass is 378 g/mol. The standard InChI is InChI=1S/C22H30N6/c1-17-14-19(3)28(25-17)16-18(2)24-20-8-12-26(13-9-20)21-6-4-7-22(15-21)27-11-5-10-23-27/h4-7,10-11,14-15,18,20,24H,8-9,12-13,16H2,1-3H3. The summed E-state index contributed by atoms with van der Waals surface area (Å²) in [7, 11) is 0. The largest absolute Gasteiger partial charge is 0.371 e. The van der Waals surface area contributed by atoms with E-state index in [0.29, 0.717) is 12.1 Å². The van der Waals surface area contributed by atoms with Crippen LogP contribution in [0.2, 0.25) is 0 Å². The molecule has 4 rings (SSSR count). The predicted molar refractivity (Wildman–Crippen MR) is 113 cm³/mol. The van der Waals surface area contributed by atoms with Crippen LogP contribution in [0.1, 0.15) is 31.2 Å². The van der Waals surface area contributed by atoms with E-state index in [1.165, 1.54) is 11.4 Å². The van der Waals surface area contributed by atoms with E-state index in [9.17, 15) is 0 Å². The minimum Gasteiger partial charge on any atom is -0.371 e. The van der Waals surface area contributed by atoms with Crippen molar-refractivity contribution >= 4 is 5.69 Å². The van der Waals surface area contributed by atoms with Crippen LogP contribution in [0, 0.1) is 13.8 Å². The van der Waals surface area contributed by atoms with Gasteiger partial charge in [-0.15, -0.1) is 0 Å². The highest BCUT2D eigenvalue weighted by Crippen LogP contribution is 2.23. The molecule has 1 fully saturated rings. The number of rotatable bonds is 6. The minimum atomic E-state index is 0.415. The van der Waals surface area contributed by atoms with Crippen molar-refractivity contribution in [2.24, 2.45) is 0 Å². The van der Waals surface area contributed by atoms with Gasteiger partial charge in [0.1, 0.15) is 0 Å². The molecular formula is C22H30N6. The van der Waals surface area contributed by atoms with Gasteiger partial charge < -0.3 is 10.2 Å². The van der Waals surface area contributed by atoms with Gasteiger partial charge in [0.05, 0.1) is 17.9 Å². The Kier molecular flexibility index (Phi) is 5.48. The van der Waals surface area contributed by atoms with Crippen LogP contribution in [0.25, 0.3) is 5.69 Å². The van der Waals surface area contributed by atoms with Gasteiger partial charge in [-0.3, -0.25) is 4.68 Å². The fourth-order valence-electron chi connectivity index (χ4n) is 4.13. The van der Waals surface area contributed by atoms with Gasteiger partial charge in [0, 0.05) is 48.9 Å². The van der Waals surface area contributed by atoms with Crippen molar-refractivity contribution in [3.05, 3.63) is 60.2 Å². The summed E-state index contributed by atoms with van der Waals surface area (Å²) in [5, 5.41) is 12.7. The third kappa shape index (κ3) is 4.28. The van der Waals surface area contributed by atoms with Gasteiger partial charge >= 0.3 is 0 Å². The van der Waals surface area contributed by atoms with E-state index in [2.05, 4.69) is 76.2 Å². The molecule has 6 nitrogen and oxygen atoms in total. The number of aromatic nitrogens is 4. The Bertz CT molecular complexity index is 890. The summed E-state index contributed by atoms with van der Waals surface area (Å²) in [5.74, 6) is 0. The van der Waals surface area contributed by atoms with E-state index in [1.54, 1.807) is 0 Å². The van der Waals surface area contributed by atoms with Crippen molar-refractivity contribution in [1.29, 1.82) is 0 Å². The summed E-state index contributed by atoms with van der Waals surface area (Å²) in [4.78, 5) is 2.48. The van der Waals surface area contributed by atoms with Crippen molar-refractivity contribution in [3.8, 4) is 5.69 Å². The lowest BCUT2D eigenvalue weighted by molar-refractivity contribution is 0.346. The summed E-state index contributed by atoms with van der Waals surface area (Å²) in [6.07, 6.45) is 6.12. The molecule has 0 bridgehead atoms. The number of benzene rings is 1. The van der Waals surface area contributed by atoms with Crippen LogP contribution in [-0.4, -0.2) is 44.7 Å². The molecule has 3 aromatic rings. The number of nitrogens with one attached hydrogen (secondary N) is 1. The number of hydrogen-bond donors (Lipinski definition) is 1. The molecule has 28 heavy (non-hydrogen) atoms. The maximum Gasteiger partial charge on any atom is 0.0666 e. The topological polar surface area (TPSA) is 50.9 Å². The predicted octanol–water partition coefficient (Wildman–Crippen LogP) is 3.33. The van der Waals surface area contributed by atoms with Gasteiger partial charge in [-0.25, -0.2) is 4.68 Å². The van der Waals surface area contributed by atoms with Crippen LogP contribution in [0.4, 0.5) is 5.69 Å². The van der Waals surface area contributed by atoms with E-state index in [-0.39, 0.29) is 0 Å². The Balaban J connectivity index is 1.31. The van der Waals surface area contributed by atoms with Crippen LogP contribution in [-0.2, 0) is 6.54 Å². The SMILES string of the molecule is Cc1cc(C)n(CC(C)NC2CCN(c3cccc(-n4cccn4)c3)CC2)n1. The first-order valence-corrected chi connectivity index (χ1v) is 10.2. The van der Waals surface area contributed by atoms with Crippen LogP contribution < -0.4 is 10.2 Å². The summed E-state index contributed by atoms with van der Waals surface area (Å²) in [5.41, 5.74) is 4.72. The molecule has 0 amide bonds.